The van der Waals surface area contributed by atoms with Crippen molar-refractivity contribution in [2.24, 2.45) is 0 Å². The van der Waals surface area contributed by atoms with E-state index in [2.05, 4.69) is 0 Å². The summed E-state index contributed by atoms with van der Waals surface area (Å²) in [6.07, 6.45) is 0.505. The predicted octanol–water partition coefficient (Wildman–Crippen LogP) is 0.171. The Kier molecular flexibility index (Phi) is 8.33. The van der Waals surface area contributed by atoms with E-state index in [4.69, 9.17) is 14.6 Å². The minimum Gasteiger partial charge on any atom is -0.396 e. The molecule has 2 N–H and O–H groups in total. The highest BCUT2D eigenvalue weighted by Gasteiger charge is 2.13. The van der Waals surface area contributed by atoms with Crippen molar-refractivity contribution >= 4 is 0 Å². The molecule has 0 rings (SSSR count). The molecule has 2 unspecified atom stereocenters. The van der Waals surface area contributed by atoms with Crippen molar-refractivity contribution in [1.82, 2.24) is 0 Å². The van der Waals surface area contributed by atoms with Crippen LogP contribution >= 0.6 is 0 Å². The van der Waals surface area contributed by atoms with Crippen molar-refractivity contribution in [3.8, 4) is 0 Å². The number of hydrogen-bond acceptors (Lipinski definition) is 4. The van der Waals surface area contributed by atoms with E-state index in [0.717, 1.165) is 0 Å². The van der Waals surface area contributed by atoms with Crippen molar-refractivity contribution < 1.29 is 19.7 Å². The summed E-state index contributed by atoms with van der Waals surface area (Å²) in [5.41, 5.74) is 0. The van der Waals surface area contributed by atoms with Crippen LogP contribution in [0.5, 0.6) is 0 Å². The molecule has 13 heavy (non-hydrogen) atoms. The summed E-state index contributed by atoms with van der Waals surface area (Å²) < 4.78 is 10.1. The number of aliphatic hydroxyl groups is 2. The van der Waals surface area contributed by atoms with Crippen LogP contribution in [-0.4, -0.2) is 49.4 Å². The third-order valence-corrected chi connectivity index (χ3v) is 1.75. The Hall–Kier alpha value is -0.160. The fourth-order valence-electron chi connectivity index (χ4n) is 1.21. The summed E-state index contributed by atoms with van der Waals surface area (Å²) in [6.45, 7) is 2.90. The molecule has 0 fully saturated rings. The van der Waals surface area contributed by atoms with Gasteiger partial charge in [-0.2, -0.15) is 0 Å². The van der Waals surface area contributed by atoms with Gasteiger partial charge >= 0.3 is 0 Å². The van der Waals surface area contributed by atoms with E-state index < -0.39 is 6.10 Å². The zero-order valence-electron chi connectivity index (χ0n) is 8.40. The van der Waals surface area contributed by atoms with E-state index in [1.54, 1.807) is 7.11 Å². The summed E-state index contributed by atoms with van der Waals surface area (Å²) in [5, 5.41) is 18.1. The Bertz CT molecular complexity index is 102. The Balaban J connectivity index is 3.64. The van der Waals surface area contributed by atoms with Crippen LogP contribution in [0.2, 0.25) is 0 Å². The second-order valence-corrected chi connectivity index (χ2v) is 2.93. The molecule has 0 aliphatic carbocycles. The molecule has 0 heterocycles. The fourth-order valence-corrected chi connectivity index (χ4v) is 1.21. The average molecular weight is 192 g/mol. The first-order chi connectivity index (χ1) is 6.24. The number of ether oxygens (including phenoxy) is 2. The molecule has 0 spiro atoms. The normalized spacial score (nSPS) is 15.7. The maximum atomic E-state index is 9.39. The van der Waals surface area contributed by atoms with Crippen LogP contribution < -0.4 is 0 Å². The molecule has 0 saturated heterocycles. The quantitative estimate of drug-likeness (QED) is 0.575. The summed E-state index contributed by atoms with van der Waals surface area (Å²) in [7, 11) is 1.55. The van der Waals surface area contributed by atoms with Crippen LogP contribution in [0.3, 0.4) is 0 Å². The molecular weight excluding hydrogens is 172 g/mol. The van der Waals surface area contributed by atoms with E-state index in [1.807, 2.05) is 6.92 Å². The number of methoxy groups -OCH3 is 1. The van der Waals surface area contributed by atoms with Crippen molar-refractivity contribution in [2.45, 2.75) is 32.0 Å². The van der Waals surface area contributed by atoms with Gasteiger partial charge in [0.2, 0.25) is 0 Å². The van der Waals surface area contributed by atoms with Crippen LogP contribution in [-0.2, 0) is 9.47 Å². The summed E-state index contributed by atoms with van der Waals surface area (Å²) >= 11 is 0. The van der Waals surface area contributed by atoms with Gasteiger partial charge in [-0.05, 0) is 13.3 Å². The van der Waals surface area contributed by atoms with Crippen molar-refractivity contribution in [3.05, 3.63) is 0 Å². The SMILES string of the molecule is CCOC(CCO)CC(O)COC. The zero-order valence-corrected chi connectivity index (χ0v) is 8.40. The average Bonchev–Trinajstić information content (AvgIpc) is 2.05. The minimum atomic E-state index is -0.506. The third-order valence-electron chi connectivity index (χ3n) is 1.75. The van der Waals surface area contributed by atoms with Crippen LogP contribution in [0, 0.1) is 0 Å². The third kappa shape index (κ3) is 6.95. The molecule has 0 aromatic heterocycles. The van der Waals surface area contributed by atoms with Crippen molar-refractivity contribution in [3.63, 3.8) is 0 Å². The number of hydrogen-bond donors (Lipinski definition) is 2. The second kappa shape index (κ2) is 8.44. The van der Waals surface area contributed by atoms with Gasteiger partial charge in [0, 0.05) is 26.7 Å². The van der Waals surface area contributed by atoms with E-state index in [9.17, 15) is 5.11 Å². The van der Waals surface area contributed by atoms with Crippen molar-refractivity contribution in [2.75, 3.05) is 26.9 Å². The highest BCUT2D eigenvalue weighted by molar-refractivity contribution is 4.64. The lowest BCUT2D eigenvalue weighted by Gasteiger charge is -2.18. The summed E-state index contributed by atoms with van der Waals surface area (Å²) in [4.78, 5) is 0. The van der Waals surface area contributed by atoms with Crippen LogP contribution in [0.15, 0.2) is 0 Å². The maximum absolute atomic E-state index is 9.39. The fraction of sp³-hybridized carbons (Fsp3) is 1.00. The monoisotopic (exact) mass is 192 g/mol. The first-order valence-electron chi connectivity index (χ1n) is 4.64. The molecular formula is C9H20O4. The zero-order chi connectivity index (χ0) is 10.1. The summed E-state index contributed by atoms with van der Waals surface area (Å²) in [6, 6.07) is 0. The Morgan fingerprint density at radius 3 is 2.54 bits per heavy atom. The lowest BCUT2D eigenvalue weighted by Crippen LogP contribution is -2.25. The summed E-state index contributed by atoms with van der Waals surface area (Å²) in [5.74, 6) is 0. The molecule has 4 nitrogen and oxygen atoms in total. The molecule has 0 aliphatic heterocycles. The second-order valence-electron chi connectivity index (χ2n) is 2.93. The van der Waals surface area contributed by atoms with Crippen LogP contribution in [0.4, 0.5) is 0 Å². The van der Waals surface area contributed by atoms with Gasteiger partial charge in [0.1, 0.15) is 0 Å². The van der Waals surface area contributed by atoms with Gasteiger partial charge in [-0.3, -0.25) is 0 Å². The molecule has 0 radical (unpaired) electrons. The maximum Gasteiger partial charge on any atom is 0.0798 e. The topological polar surface area (TPSA) is 58.9 Å². The van der Waals surface area contributed by atoms with Gasteiger partial charge < -0.3 is 19.7 Å². The van der Waals surface area contributed by atoms with Gasteiger partial charge in [-0.15, -0.1) is 0 Å². The molecule has 0 aliphatic rings. The molecule has 0 aromatic carbocycles. The van der Waals surface area contributed by atoms with Gasteiger partial charge in [0.05, 0.1) is 18.8 Å². The standard InChI is InChI=1S/C9H20O4/c1-3-13-9(4-5-10)6-8(11)7-12-2/h8-11H,3-7H2,1-2H3. The van der Waals surface area contributed by atoms with E-state index >= 15 is 0 Å². The lowest BCUT2D eigenvalue weighted by atomic mass is 10.1. The van der Waals surface area contributed by atoms with Crippen molar-refractivity contribution in [1.29, 1.82) is 0 Å². The van der Waals surface area contributed by atoms with Crippen LogP contribution in [0.1, 0.15) is 19.8 Å². The molecule has 4 heteroatoms. The highest BCUT2D eigenvalue weighted by atomic mass is 16.5. The number of aliphatic hydroxyl groups excluding tert-OH is 2. The Morgan fingerprint density at radius 2 is 2.08 bits per heavy atom. The van der Waals surface area contributed by atoms with E-state index in [0.29, 0.717) is 26.1 Å². The highest BCUT2D eigenvalue weighted by Crippen LogP contribution is 2.07. The first-order valence-corrected chi connectivity index (χ1v) is 4.64. The first kappa shape index (κ1) is 12.8. The molecule has 0 saturated carbocycles. The van der Waals surface area contributed by atoms with Gasteiger partial charge in [-0.1, -0.05) is 0 Å². The smallest absolute Gasteiger partial charge is 0.0798 e. The molecule has 0 aromatic rings. The largest absolute Gasteiger partial charge is 0.396 e. The number of rotatable bonds is 8. The lowest BCUT2D eigenvalue weighted by molar-refractivity contribution is -0.0148. The molecule has 2 atom stereocenters. The Labute approximate surface area is 79.5 Å². The minimum absolute atomic E-state index is 0.0693. The van der Waals surface area contributed by atoms with E-state index in [1.165, 1.54) is 0 Å². The van der Waals surface area contributed by atoms with E-state index in [-0.39, 0.29) is 12.7 Å². The van der Waals surface area contributed by atoms with Gasteiger partial charge in [0.15, 0.2) is 0 Å². The van der Waals surface area contributed by atoms with Gasteiger partial charge in [-0.25, -0.2) is 0 Å². The molecule has 0 bridgehead atoms. The van der Waals surface area contributed by atoms with Crippen LogP contribution in [0.25, 0.3) is 0 Å². The molecule has 0 amide bonds. The Morgan fingerprint density at radius 1 is 1.38 bits per heavy atom. The predicted molar refractivity (Wildman–Crippen MR) is 49.6 cm³/mol. The molecule has 80 valence electrons. The van der Waals surface area contributed by atoms with Gasteiger partial charge in [0.25, 0.3) is 0 Å².